The molecule has 0 aromatic rings. The third kappa shape index (κ3) is 0.862. The first-order valence-electron chi connectivity index (χ1n) is 3.67. The van der Waals surface area contributed by atoms with Crippen molar-refractivity contribution in [2.24, 2.45) is 5.41 Å². The average molecular weight is 144 g/mol. The molecule has 0 amide bonds. The molecule has 0 bridgehead atoms. The van der Waals surface area contributed by atoms with Gasteiger partial charge in [0.15, 0.2) is 0 Å². The smallest absolute Gasteiger partial charge is 0.129 e. The van der Waals surface area contributed by atoms with Crippen LogP contribution in [-0.4, -0.2) is 12.0 Å². The van der Waals surface area contributed by atoms with Crippen LogP contribution in [0.15, 0.2) is 0 Å². The third-order valence-corrected chi connectivity index (χ3v) is 2.66. The van der Waals surface area contributed by atoms with Crippen molar-refractivity contribution in [2.45, 2.75) is 38.8 Å². The van der Waals surface area contributed by atoms with Crippen LogP contribution in [-0.2, 0) is 4.79 Å². The predicted molar refractivity (Wildman–Crippen MR) is 37.5 cm³/mol. The number of alkyl halides is 1. The van der Waals surface area contributed by atoms with Gasteiger partial charge in [-0.15, -0.1) is 0 Å². The third-order valence-electron chi connectivity index (χ3n) is 2.66. The molecule has 0 unspecified atom stereocenters. The first-order chi connectivity index (χ1) is 4.52. The van der Waals surface area contributed by atoms with E-state index in [1.165, 1.54) is 13.8 Å². The lowest BCUT2D eigenvalue weighted by Crippen LogP contribution is -2.46. The summed E-state index contributed by atoms with van der Waals surface area (Å²) in [7, 11) is 0. The zero-order valence-corrected chi connectivity index (χ0v) is 6.48. The standard InChI is InChI=1S/C8H13FO/c1-7(2,9)8(6-10)4-3-5-8/h6H,3-5H2,1-2H3. The molecule has 0 radical (unpaired) electrons. The molecule has 0 aliphatic heterocycles. The van der Waals surface area contributed by atoms with E-state index >= 15 is 0 Å². The Labute approximate surface area is 60.6 Å². The topological polar surface area (TPSA) is 17.1 Å². The van der Waals surface area contributed by atoms with Crippen LogP contribution in [0.3, 0.4) is 0 Å². The van der Waals surface area contributed by atoms with Crippen molar-refractivity contribution in [2.75, 3.05) is 0 Å². The van der Waals surface area contributed by atoms with E-state index in [0.29, 0.717) is 0 Å². The van der Waals surface area contributed by atoms with Gasteiger partial charge in [0.05, 0.1) is 5.41 Å². The van der Waals surface area contributed by atoms with Gasteiger partial charge in [-0.3, -0.25) is 0 Å². The second kappa shape index (κ2) is 2.04. The van der Waals surface area contributed by atoms with Crippen LogP contribution < -0.4 is 0 Å². The summed E-state index contributed by atoms with van der Waals surface area (Å²) in [5, 5.41) is 0. The van der Waals surface area contributed by atoms with Crippen molar-refractivity contribution >= 4 is 6.29 Å². The molecular formula is C8H13FO. The Hall–Kier alpha value is -0.400. The molecule has 0 heterocycles. The van der Waals surface area contributed by atoms with Crippen LogP contribution in [0.5, 0.6) is 0 Å². The lowest BCUT2D eigenvalue weighted by molar-refractivity contribution is -0.132. The van der Waals surface area contributed by atoms with Gasteiger partial charge in [0.25, 0.3) is 0 Å². The molecule has 0 aromatic heterocycles. The van der Waals surface area contributed by atoms with E-state index in [-0.39, 0.29) is 0 Å². The van der Waals surface area contributed by atoms with Gasteiger partial charge in [-0.05, 0) is 26.7 Å². The normalized spacial score (nSPS) is 23.5. The molecule has 10 heavy (non-hydrogen) atoms. The maximum Gasteiger partial charge on any atom is 0.129 e. The van der Waals surface area contributed by atoms with Crippen molar-refractivity contribution in [1.82, 2.24) is 0 Å². The molecule has 1 saturated carbocycles. The molecule has 0 N–H and O–H groups in total. The molecule has 1 aliphatic carbocycles. The molecule has 0 aromatic carbocycles. The van der Waals surface area contributed by atoms with E-state index in [4.69, 9.17) is 0 Å². The Morgan fingerprint density at radius 3 is 2.00 bits per heavy atom. The SMILES string of the molecule is CC(C)(F)C1(C=O)CCC1. The number of aldehydes is 1. The Kier molecular flexibility index (Phi) is 1.57. The molecule has 1 fully saturated rings. The lowest BCUT2D eigenvalue weighted by atomic mass is 9.62. The van der Waals surface area contributed by atoms with Crippen LogP contribution in [0.25, 0.3) is 0 Å². The quantitative estimate of drug-likeness (QED) is 0.542. The van der Waals surface area contributed by atoms with Crippen LogP contribution >= 0.6 is 0 Å². The van der Waals surface area contributed by atoms with Gasteiger partial charge in [-0.1, -0.05) is 6.42 Å². The average Bonchev–Trinajstić information content (AvgIpc) is 1.58. The summed E-state index contributed by atoms with van der Waals surface area (Å²) in [6.45, 7) is 2.97. The van der Waals surface area contributed by atoms with E-state index in [9.17, 15) is 9.18 Å². The number of carbonyl (C=O) groups is 1. The summed E-state index contributed by atoms with van der Waals surface area (Å²) in [6, 6.07) is 0. The van der Waals surface area contributed by atoms with Crippen LogP contribution in [0, 0.1) is 5.41 Å². The maximum atomic E-state index is 13.3. The molecule has 58 valence electrons. The van der Waals surface area contributed by atoms with Gasteiger partial charge in [0.1, 0.15) is 12.0 Å². The second-order valence-corrected chi connectivity index (χ2v) is 3.60. The van der Waals surface area contributed by atoms with E-state index in [1.54, 1.807) is 0 Å². The van der Waals surface area contributed by atoms with E-state index in [1.807, 2.05) is 0 Å². The summed E-state index contributed by atoms with van der Waals surface area (Å²) in [4.78, 5) is 10.5. The molecule has 0 atom stereocenters. The largest absolute Gasteiger partial charge is 0.303 e. The first-order valence-corrected chi connectivity index (χ1v) is 3.67. The Morgan fingerprint density at radius 1 is 1.50 bits per heavy atom. The van der Waals surface area contributed by atoms with Gasteiger partial charge in [0.2, 0.25) is 0 Å². The van der Waals surface area contributed by atoms with Gasteiger partial charge in [-0.25, -0.2) is 4.39 Å². The number of hydrogen-bond acceptors (Lipinski definition) is 1. The monoisotopic (exact) mass is 144 g/mol. The Balaban J connectivity index is 2.74. The fourth-order valence-corrected chi connectivity index (χ4v) is 1.41. The lowest BCUT2D eigenvalue weighted by Gasteiger charge is -2.44. The van der Waals surface area contributed by atoms with Crippen molar-refractivity contribution < 1.29 is 9.18 Å². The van der Waals surface area contributed by atoms with E-state index in [2.05, 4.69) is 0 Å². The van der Waals surface area contributed by atoms with Crippen molar-refractivity contribution in [3.63, 3.8) is 0 Å². The minimum absolute atomic E-state index is 0.646. The van der Waals surface area contributed by atoms with Crippen molar-refractivity contribution in [3.8, 4) is 0 Å². The van der Waals surface area contributed by atoms with Gasteiger partial charge in [0, 0.05) is 0 Å². The highest BCUT2D eigenvalue weighted by atomic mass is 19.1. The highest BCUT2D eigenvalue weighted by Gasteiger charge is 2.49. The zero-order valence-electron chi connectivity index (χ0n) is 6.48. The van der Waals surface area contributed by atoms with Crippen molar-refractivity contribution in [3.05, 3.63) is 0 Å². The van der Waals surface area contributed by atoms with Crippen LogP contribution in [0.4, 0.5) is 4.39 Å². The summed E-state index contributed by atoms with van der Waals surface area (Å²) >= 11 is 0. The molecule has 1 aliphatic rings. The van der Waals surface area contributed by atoms with Gasteiger partial charge >= 0.3 is 0 Å². The fraction of sp³-hybridized carbons (Fsp3) is 0.875. The molecule has 1 rings (SSSR count). The predicted octanol–water partition coefficient (Wildman–Crippen LogP) is 2.10. The highest BCUT2D eigenvalue weighted by molar-refractivity contribution is 5.63. The molecule has 0 spiro atoms. The summed E-state index contributed by atoms with van der Waals surface area (Å²) in [5.74, 6) is 0. The number of halogens is 1. The molecule has 1 nitrogen and oxygen atoms in total. The van der Waals surface area contributed by atoms with E-state index < -0.39 is 11.1 Å². The minimum atomic E-state index is -1.33. The summed E-state index contributed by atoms with van der Waals surface area (Å²) in [5.41, 5.74) is -1.97. The van der Waals surface area contributed by atoms with E-state index in [0.717, 1.165) is 25.5 Å². The summed E-state index contributed by atoms with van der Waals surface area (Å²) < 4.78 is 13.3. The maximum absolute atomic E-state index is 13.3. The molecule has 0 saturated heterocycles. The molecule has 2 heteroatoms. The number of rotatable bonds is 2. The molecular weight excluding hydrogens is 131 g/mol. The number of carbonyl (C=O) groups excluding carboxylic acids is 1. The first kappa shape index (κ1) is 7.70. The summed E-state index contributed by atoms with van der Waals surface area (Å²) in [6.07, 6.45) is 3.22. The Morgan fingerprint density at radius 2 is 2.00 bits per heavy atom. The highest BCUT2D eigenvalue weighted by Crippen LogP contribution is 2.49. The second-order valence-electron chi connectivity index (χ2n) is 3.60. The Bertz CT molecular complexity index is 142. The zero-order chi connectivity index (χ0) is 7.83. The van der Waals surface area contributed by atoms with Gasteiger partial charge in [-0.2, -0.15) is 0 Å². The minimum Gasteiger partial charge on any atom is -0.303 e. The van der Waals surface area contributed by atoms with Crippen LogP contribution in [0.2, 0.25) is 0 Å². The van der Waals surface area contributed by atoms with Gasteiger partial charge < -0.3 is 4.79 Å². The van der Waals surface area contributed by atoms with Crippen LogP contribution in [0.1, 0.15) is 33.1 Å². The fourth-order valence-electron chi connectivity index (χ4n) is 1.41. The van der Waals surface area contributed by atoms with Crippen molar-refractivity contribution in [1.29, 1.82) is 0 Å². The number of hydrogen-bond donors (Lipinski definition) is 0.